The summed E-state index contributed by atoms with van der Waals surface area (Å²) in [6.07, 6.45) is 0.363. The van der Waals surface area contributed by atoms with Gasteiger partial charge in [0.1, 0.15) is 18.1 Å². The van der Waals surface area contributed by atoms with E-state index in [1.165, 1.54) is 40.2 Å². The molecule has 2 heterocycles. The molecule has 0 unspecified atom stereocenters. The number of carbonyl (C=O) groups is 2. The zero-order valence-electron chi connectivity index (χ0n) is 23.7. The van der Waals surface area contributed by atoms with Gasteiger partial charge in [-0.1, -0.05) is 18.2 Å². The predicted octanol–water partition coefficient (Wildman–Crippen LogP) is 3.89. The van der Waals surface area contributed by atoms with Gasteiger partial charge in [0.15, 0.2) is 0 Å². The van der Waals surface area contributed by atoms with Crippen LogP contribution in [0.3, 0.4) is 0 Å². The topological polar surface area (TPSA) is 118 Å². The van der Waals surface area contributed by atoms with Crippen LogP contribution in [0.4, 0.5) is 10.1 Å². The van der Waals surface area contributed by atoms with Crippen molar-refractivity contribution in [2.24, 2.45) is 5.10 Å². The van der Waals surface area contributed by atoms with Crippen LogP contribution in [0.2, 0.25) is 0 Å². The molecule has 12 heteroatoms. The molecule has 0 spiro atoms. The first-order valence-corrected chi connectivity index (χ1v) is 14.0. The van der Waals surface area contributed by atoms with Crippen molar-refractivity contribution >= 4 is 23.2 Å². The van der Waals surface area contributed by atoms with Crippen LogP contribution in [0.1, 0.15) is 33.9 Å². The molecule has 0 radical (unpaired) electrons. The molecular formula is C31H32FN5O6. The van der Waals surface area contributed by atoms with Gasteiger partial charge in [-0.2, -0.15) is 5.10 Å². The minimum absolute atomic E-state index is 0.0474. The fourth-order valence-corrected chi connectivity index (χ4v) is 5.16. The van der Waals surface area contributed by atoms with Crippen molar-refractivity contribution in [2.45, 2.75) is 12.5 Å². The third-order valence-corrected chi connectivity index (χ3v) is 7.55. The Kier molecular flexibility index (Phi) is 9.38. The summed E-state index contributed by atoms with van der Waals surface area (Å²) < 4.78 is 24.7. The van der Waals surface area contributed by atoms with E-state index in [-0.39, 0.29) is 24.3 Å². The number of nitro benzene ring substituents is 1. The Hall–Kier alpha value is -4.68. The number of ether oxygens (including phenoxy) is 2. The van der Waals surface area contributed by atoms with E-state index in [9.17, 15) is 24.1 Å². The highest BCUT2D eigenvalue weighted by molar-refractivity contribution is 6.04. The Morgan fingerprint density at radius 1 is 1.09 bits per heavy atom. The van der Waals surface area contributed by atoms with Gasteiger partial charge in [0.05, 0.1) is 37.0 Å². The number of amides is 2. The zero-order valence-corrected chi connectivity index (χ0v) is 23.7. The van der Waals surface area contributed by atoms with Gasteiger partial charge in [0.2, 0.25) is 0 Å². The van der Waals surface area contributed by atoms with Gasteiger partial charge in [-0.05, 0) is 53.6 Å². The minimum atomic E-state index is -0.540. The number of carbonyl (C=O) groups excluding carboxylic acids is 2. The molecule has 1 atom stereocenters. The standard InChI is InChI=1S/C31H32FN5O6/c1-42-27-11-7-23(8-12-27)29-20-28(22-5-9-26(10-6-22)37(40)41)33-36(29)30(38)21-35(14-13-34-15-17-43-18-16-34)31(39)24-3-2-4-25(32)19-24/h2-12,19,29H,13-18,20-21H2,1H3/t29-/m0/s1. The van der Waals surface area contributed by atoms with Crippen molar-refractivity contribution in [3.8, 4) is 5.75 Å². The van der Waals surface area contributed by atoms with E-state index in [4.69, 9.17) is 9.47 Å². The third kappa shape index (κ3) is 7.22. The maximum atomic E-state index is 14.0. The molecule has 0 bridgehead atoms. The molecule has 43 heavy (non-hydrogen) atoms. The highest BCUT2D eigenvalue weighted by atomic mass is 19.1. The number of nitrogens with zero attached hydrogens (tertiary/aromatic N) is 5. The molecule has 2 aliphatic rings. The molecule has 2 aliphatic heterocycles. The van der Waals surface area contributed by atoms with Crippen LogP contribution < -0.4 is 4.74 Å². The molecule has 3 aromatic carbocycles. The second-order valence-electron chi connectivity index (χ2n) is 10.3. The number of non-ortho nitro benzene ring substituents is 1. The summed E-state index contributed by atoms with van der Waals surface area (Å²) in [5, 5.41) is 17.2. The largest absolute Gasteiger partial charge is 0.497 e. The summed E-state index contributed by atoms with van der Waals surface area (Å²) in [6.45, 7) is 3.11. The van der Waals surface area contributed by atoms with Gasteiger partial charge in [-0.15, -0.1) is 0 Å². The number of hydrazone groups is 1. The lowest BCUT2D eigenvalue weighted by Crippen LogP contribution is -2.46. The zero-order chi connectivity index (χ0) is 30.3. The Morgan fingerprint density at radius 2 is 1.81 bits per heavy atom. The van der Waals surface area contributed by atoms with Crippen molar-refractivity contribution in [1.82, 2.24) is 14.8 Å². The summed E-state index contributed by atoms with van der Waals surface area (Å²) in [7, 11) is 1.57. The van der Waals surface area contributed by atoms with Crippen LogP contribution >= 0.6 is 0 Å². The van der Waals surface area contributed by atoms with Gasteiger partial charge >= 0.3 is 0 Å². The molecule has 2 amide bonds. The SMILES string of the molecule is COc1ccc([C@@H]2CC(c3ccc([N+](=O)[O-])cc3)=NN2C(=O)CN(CCN2CCOCC2)C(=O)c2cccc(F)c2)cc1. The quantitative estimate of drug-likeness (QED) is 0.260. The highest BCUT2D eigenvalue weighted by Gasteiger charge is 2.35. The average Bonchev–Trinajstić information content (AvgIpc) is 3.49. The summed E-state index contributed by atoms with van der Waals surface area (Å²) in [5.74, 6) is -0.752. The average molecular weight is 590 g/mol. The lowest BCUT2D eigenvalue weighted by Gasteiger charge is -2.31. The summed E-state index contributed by atoms with van der Waals surface area (Å²) >= 11 is 0. The third-order valence-electron chi connectivity index (χ3n) is 7.55. The van der Waals surface area contributed by atoms with Crippen molar-refractivity contribution in [1.29, 1.82) is 0 Å². The first kappa shape index (κ1) is 29.8. The molecule has 0 aliphatic carbocycles. The van der Waals surface area contributed by atoms with E-state index in [1.807, 2.05) is 12.1 Å². The number of halogens is 1. The van der Waals surface area contributed by atoms with Crippen LogP contribution in [-0.4, -0.2) is 90.3 Å². The van der Waals surface area contributed by atoms with Gasteiger partial charge in [-0.3, -0.25) is 24.6 Å². The molecule has 1 saturated heterocycles. The smallest absolute Gasteiger partial charge is 0.269 e. The fraction of sp³-hybridized carbons (Fsp3) is 0.323. The molecule has 0 aromatic heterocycles. The van der Waals surface area contributed by atoms with Crippen LogP contribution in [0.25, 0.3) is 0 Å². The van der Waals surface area contributed by atoms with Crippen molar-refractivity contribution in [3.63, 3.8) is 0 Å². The molecule has 0 saturated carbocycles. The minimum Gasteiger partial charge on any atom is -0.497 e. The first-order chi connectivity index (χ1) is 20.8. The van der Waals surface area contributed by atoms with E-state index in [0.717, 1.165) is 11.6 Å². The van der Waals surface area contributed by atoms with Gasteiger partial charge in [-0.25, -0.2) is 9.40 Å². The van der Waals surface area contributed by atoms with E-state index >= 15 is 0 Å². The normalized spacial score (nSPS) is 16.9. The number of nitro groups is 1. The van der Waals surface area contributed by atoms with E-state index in [1.54, 1.807) is 31.4 Å². The van der Waals surface area contributed by atoms with Crippen molar-refractivity contribution in [3.05, 3.63) is 105 Å². The maximum Gasteiger partial charge on any atom is 0.269 e. The second-order valence-corrected chi connectivity index (χ2v) is 10.3. The monoisotopic (exact) mass is 589 g/mol. The molecule has 224 valence electrons. The number of benzene rings is 3. The van der Waals surface area contributed by atoms with Crippen LogP contribution in [0.5, 0.6) is 5.75 Å². The number of hydrogen-bond donors (Lipinski definition) is 0. The molecule has 11 nitrogen and oxygen atoms in total. The number of rotatable bonds is 10. The second kappa shape index (κ2) is 13.5. The van der Waals surface area contributed by atoms with E-state index in [0.29, 0.717) is 56.3 Å². The lowest BCUT2D eigenvalue weighted by molar-refractivity contribution is -0.384. The molecular weight excluding hydrogens is 557 g/mol. The number of hydrogen-bond acceptors (Lipinski definition) is 8. The molecule has 0 N–H and O–H groups in total. The summed E-state index contributed by atoms with van der Waals surface area (Å²) in [5.41, 5.74) is 2.15. The number of morpholine rings is 1. The highest BCUT2D eigenvalue weighted by Crippen LogP contribution is 2.34. The van der Waals surface area contributed by atoms with E-state index < -0.39 is 28.6 Å². The van der Waals surface area contributed by atoms with Crippen LogP contribution in [0, 0.1) is 15.9 Å². The molecule has 1 fully saturated rings. The van der Waals surface area contributed by atoms with E-state index in [2.05, 4.69) is 10.0 Å². The Balaban J connectivity index is 1.42. The Labute approximate surface area is 248 Å². The van der Waals surface area contributed by atoms with Gasteiger partial charge < -0.3 is 14.4 Å². The van der Waals surface area contributed by atoms with Gasteiger partial charge in [0, 0.05) is 50.3 Å². The summed E-state index contributed by atoms with van der Waals surface area (Å²) in [4.78, 5) is 41.7. The Morgan fingerprint density at radius 3 is 2.47 bits per heavy atom. The first-order valence-electron chi connectivity index (χ1n) is 14.0. The lowest BCUT2D eigenvalue weighted by atomic mass is 9.98. The van der Waals surface area contributed by atoms with Crippen LogP contribution in [-0.2, 0) is 9.53 Å². The van der Waals surface area contributed by atoms with Crippen molar-refractivity contribution in [2.75, 3.05) is 53.0 Å². The fourth-order valence-electron chi connectivity index (χ4n) is 5.16. The Bertz CT molecular complexity index is 1490. The molecule has 5 rings (SSSR count). The summed E-state index contributed by atoms with van der Waals surface area (Å²) in [6, 6.07) is 18.2. The van der Waals surface area contributed by atoms with Crippen molar-refractivity contribution < 1.29 is 28.4 Å². The predicted molar refractivity (Wildman–Crippen MR) is 156 cm³/mol. The maximum absolute atomic E-state index is 14.0. The number of methoxy groups -OCH3 is 1. The van der Waals surface area contributed by atoms with Crippen LogP contribution in [0.15, 0.2) is 77.9 Å². The molecule has 3 aromatic rings. The van der Waals surface area contributed by atoms with Gasteiger partial charge in [0.25, 0.3) is 17.5 Å².